The van der Waals surface area contributed by atoms with Crippen LogP contribution in [0.15, 0.2) is 113 Å². The van der Waals surface area contributed by atoms with Crippen LogP contribution in [0.3, 0.4) is 0 Å². The molecule has 3 saturated carbocycles. The van der Waals surface area contributed by atoms with Gasteiger partial charge >= 0.3 is 12.5 Å². The molecule has 2 bridgehead atoms. The highest BCUT2D eigenvalue weighted by Gasteiger charge is 2.74. The molecule has 4 aromatic rings. The minimum absolute atomic E-state index is 0.000637. The third-order valence-corrected chi connectivity index (χ3v) is 16.6. The van der Waals surface area contributed by atoms with Crippen molar-refractivity contribution < 1.29 is 60.3 Å². The summed E-state index contributed by atoms with van der Waals surface area (Å²) < 4.78 is 96.5. The Bertz CT molecular complexity index is 2540. The second-order valence-corrected chi connectivity index (χ2v) is 20.4. The van der Waals surface area contributed by atoms with Gasteiger partial charge in [0.2, 0.25) is 5.78 Å². The average Bonchev–Trinajstić information content (AvgIpc) is 3.86. The predicted molar refractivity (Wildman–Crippen MR) is 238 cm³/mol. The van der Waals surface area contributed by atoms with Crippen LogP contribution in [0.5, 0.6) is 5.75 Å². The van der Waals surface area contributed by atoms with E-state index in [4.69, 9.17) is 20.8 Å². The van der Waals surface area contributed by atoms with Crippen LogP contribution in [0, 0.1) is 33.5 Å². The Morgan fingerprint density at radius 1 is 0.881 bits per heavy atom. The zero-order valence-electron chi connectivity index (χ0n) is 37.2. The third kappa shape index (κ3) is 8.47. The van der Waals surface area contributed by atoms with E-state index in [0.717, 1.165) is 23.8 Å². The molecule has 3 fully saturated rings. The number of hydrogen-bond acceptors (Lipinski definition) is 8. The smallest absolute Gasteiger partial charge is 0.453 e. The number of fused-ring (bicyclic) bond motifs is 1. The van der Waals surface area contributed by atoms with Crippen molar-refractivity contribution in [1.82, 2.24) is 4.90 Å². The Balaban J connectivity index is 1.04. The van der Waals surface area contributed by atoms with Crippen LogP contribution in [0.1, 0.15) is 86.0 Å². The lowest BCUT2D eigenvalue weighted by Gasteiger charge is -2.71. The Morgan fingerprint density at radius 2 is 1.58 bits per heavy atom. The van der Waals surface area contributed by atoms with Crippen LogP contribution < -0.4 is 4.74 Å². The summed E-state index contributed by atoms with van der Waals surface area (Å²) in [6.45, 7) is 4.88. The molecule has 9 atom stereocenters. The topological polar surface area (TPSA) is 113 Å². The highest BCUT2D eigenvalue weighted by Crippen LogP contribution is 2.78. The van der Waals surface area contributed by atoms with Gasteiger partial charge in [-0.3, -0.25) is 9.69 Å². The Kier molecular flexibility index (Phi) is 12.2. The quantitative estimate of drug-likeness (QED) is 0.0651. The van der Waals surface area contributed by atoms with Gasteiger partial charge in [-0.2, -0.15) is 13.2 Å². The molecule has 0 saturated heterocycles. The van der Waals surface area contributed by atoms with E-state index in [-0.39, 0.29) is 78.0 Å². The number of nitrogens with zero attached hydrogens (tertiary/aromatic N) is 1. The highest BCUT2D eigenvalue weighted by molar-refractivity contribution is 6.33. The predicted octanol–water partition coefficient (Wildman–Crippen LogP) is 11.4. The van der Waals surface area contributed by atoms with E-state index in [0.29, 0.717) is 56.1 Å². The molecule has 8 nitrogen and oxygen atoms in total. The van der Waals surface area contributed by atoms with E-state index in [1.165, 1.54) is 36.4 Å². The second-order valence-electron chi connectivity index (χ2n) is 20.0. The fraction of sp³-hybridized carbons (Fsp3) is 0.481. The molecule has 358 valence electrons. The molecular formula is C52H54ClF6NO7. The maximum atomic E-state index is 15.2. The molecule has 6 aliphatic carbocycles. The standard InChI is InChI=1S/C52H54ClF6NO7/c1-46-19-16-35(61)25-48(46)22-23-50(39(26-48)45(63)42-15-14-41(66-42)38-24-34(51(54,55)56)10-13-40(38)53)43(46)17-20-47(2)44(50)18-21-49(47,64)31-60(27-32-8-11-37(12-9-32)67-52(57,58)59)28-36(62)30-65-29-33-6-4-3-5-7-33/h3-15,22-24,26,35-36,43-44,61-62,64H,16-21,25,27-31H2,1-2H3/t35?,36-,43-,44-,46-,47+,48+,49-,50-/m1/s1. The van der Waals surface area contributed by atoms with Gasteiger partial charge in [-0.25, -0.2) is 0 Å². The van der Waals surface area contributed by atoms with Crippen molar-refractivity contribution in [2.75, 3.05) is 19.7 Å². The van der Waals surface area contributed by atoms with Crippen molar-refractivity contribution in [1.29, 1.82) is 0 Å². The lowest BCUT2D eigenvalue weighted by Crippen LogP contribution is -2.67. The van der Waals surface area contributed by atoms with E-state index in [1.807, 2.05) is 41.3 Å². The molecule has 3 aromatic carbocycles. The minimum Gasteiger partial charge on any atom is -0.453 e. The molecule has 0 radical (unpaired) electrons. The first-order valence-electron chi connectivity index (χ1n) is 22.8. The molecule has 1 aromatic heterocycles. The minimum atomic E-state index is -4.86. The fourth-order valence-corrected chi connectivity index (χ4v) is 13.3. The van der Waals surface area contributed by atoms with Gasteiger partial charge in [0, 0.05) is 47.0 Å². The average molecular weight is 954 g/mol. The summed E-state index contributed by atoms with van der Waals surface area (Å²) in [6.07, 6.45) is -0.970. The zero-order valence-corrected chi connectivity index (χ0v) is 37.9. The van der Waals surface area contributed by atoms with Crippen LogP contribution in [-0.2, 0) is 24.1 Å². The maximum absolute atomic E-state index is 15.2. The number of benzene rings is 3. The first-order chi connectivity index (χ1) is 31.6. The summed E-state index contributed by atoms with van der Waals surface area (Å²) >= 11 is 6.40. The molecular weight excluding hydrogens is 900 g/mol. The van der Waals surface area contributed by atoms with Crippen molar-refractivity contribution in [3.05, 3.63) is 136 Å². The summed E-state index contributed by atoms with van der Waals surface area (Å²) in [5.74, 6) is -1.24. The van der Waals surface area contributed by atoms with Gasteiger partial charge in [-0.15, -0.1) is 13.2 Å². The number of ether oxygens (including phenoxy) is 2. The summed E-state index contributed by atoms with van der Waals surface area (Å²) in [5, 5.41) is 35.8. The summed E-state index contributed by atoms with van der Waals surface area (Å²) in [7, 11) is 0. The van der Waals surface area contributed by atoms with Gasteiger partial charge in [-0.05, 0) is 116 Å². The Morgan fingerprint density at radius 3 is 2.30 bits per heavy atom. The van der Waals surface area contributed by atoms with E-state index >= 15 is 4.79 Å². The van der Waals surface area contributed by atoms with Crippen LogP contribution >= 0.6 is 11.6 Å². The molecule has 0 amide bonds. The molecule has 1 unspecified atom stereocenters. The monoisotopic (exact) mass is 953 g/mol. The zero-order chi connectivity index (χ0) is 47.8. The number of carbonyl (C=O) groups is 1. The van der Waals surface area contributed by atoms with Gasteiger partial charge < -0.3 is 29.2 Å². The molecule has 1 heterocycles. The van der Waals surface area contributed by atoms with Crippen molar-refractivity contribution in [3.8, 4) is 17.1 Å². The number of alkyl halides is 6. The lowest BCUT2D eigenvalue weighted by atomic mass is 9.32. The fourth-order valence-electron chi connectivity index (χ4n) is 13.1. The van der Waals surface area contributed by atoms with Gasteiger partial charge in [0.1, 0.15) is 11.5 Å². The van der Waals surface area contributed by atoms with Gasteiger partial charge in [0.25, 0.3) is 0 Å². The molecule has 3 N–H and O–H groups in total. The number of furan rings is 1. The molecule has 6 aliphatic rings. The van der Waals surface area contributed by atoms with Crippen molar-refractivity contribution in [3.63, 3.8) is 0 Å². The highest BCUT2D eigenvalue weighted by atomic mass is 35.5. The number of ketones is 1. The summed E-state index contributed by atoms with van der Waals surface area (Å²) in [6, 6.07) is 20.8. The van der Waals surface area contributed by atoms with Gasteiger partial charge in [-0.1, -0.05) is 86.1 Å². The summed E-state index contributed by atoms with van der Waals surface area (Å²) in [5.41, 5.74) is -3.02. The number of hydrogen-bond donors (Lipinski definition) is 3. The van der Waals surface area contributed by atoms with Crippen molar-refractivity contribution in [2.45, 2.75) is 102 Å². The normalized spacial score (nSPS) is 31.5. The lowest BCUT2D eigenvalue weighted by molar-refractivity contribution is -0.274. The first-order valence-corrected chi connectivity index (χ1v) is 23.2. The van der Waals surface area contributed by atoms with Crippen LogP contribution in [0.2, 0.25) is 5.02 Å². The van der Waals surface area contributed by atoms with Gasteiger partial charge in [0.05, 0.1) is 41.6 Å². The van der Waals surface area contributed by atoms with E-state index in [2.05, 4.69) is 30.7 Å². The SMILES string of the molecule is C[C@]12CC[C@H]3[C@]4(C=C[C@@]5(C=C4C(=O)c4ccc(-c6cc(C(F)(F)F)ccc6Cl)o4)CC(O)CC[C@]35C)[C@@H]1CC[C@@]2(O)CN(Cc1ccc(OC(F)(F)F)cc1)C[C@@H](O)COCc1ccccc1. The van der Waals surface area contributed by atoms with E-state index in [1.54, 1.807) is 0 Å². The Hall–Kier alpha value is -4.44. The molecule has 2 spiro atoms. The third-order valence-electron chi connectivity index (χ3n) is 16.3. The summed E-state index contributed by atoms with van der Waals surface area (Å²) in [4.78, 5) is 17.1. The van der Waals surface area contributed by atoms with Crippen LogP contribution in [0.25, 0.3) is 11.3 Å². The van der Waals surface area contributed by atoms with Crippen LogP contribution in [-0.4, -0.2) is 69.9 Å². The van der Waals surface area contributed by atoms with Gasteiger partial charge in [0.15, 0.2) is 5.76 Å². The molecule has 0 aliphatic heterocycles. The van der Waals surface area contributed by atoms with E-state index < -0.39 is 57.9 Å². The molecule has 10 rings (SSSR count). The molecule has 67 heavy (non-hydrogen) atoms. The number of halogens is 7. The first kappa shape index (κ1) is 47.6. The Labute approximate surface area is 390 Å². The number of aliphatic hydroxyl groups excluding tert-OH is 2. The van der Waals surface area contributed by atoms with E-state index in [9.17, 15) is 41.7 Å². The number of carbonyl (C=O) groups excluding carboxylic acids is 1. The maximum Gasteiger partial charge on any atom is 0.573 e. The molecule has 15 heteroatoms. The largest absolute Gasteiger partial charge is 0.573 e. The second kappa shape index (κ2) is 17.2. The van der Waals surface area contributed by atoms with Crippen molar-refractivity contribution in [2.24, 2.45) is 33.5 Å². The number of aliphatic hydroxyl groups is 3. The number of allylic oxidation sites excluding steroid dienone is 4. The number of Topliss-reactive ketones (excluding diaryl/α,β-unsaturated/α-hetero) is 1. The number of rotatable bonds is 14. The van der Waals surface area contributed by atoms with Crippen molar-refractivity contribution >= 4 is 17.4 Å². The van der Waals surface area contributed by atoms with Crippen LogP contribution in [0.4, 0.5) is 26.3 Å².